The first-order chi connectivity index (χ1) is 9.58. The fraction of sp³-hybridized carbons (Fsp3) is 0.438. The maximum Gasteiger partial charge on any atom is 0.122 e. The lowest BCUT2D eigenvalue weighted by Gasteiger charge is -2.25. The average Bonchev–Trinajstić information content (AvgIpc) is 2.84. The highest BCUT2D eigenvalue weighted by Gasteiger charge is 2.18. The Morgan fingerprint density at radius 3 is 2.60 bits per heavy atom. The van der Waals surface area contributed by atoms with E-state index < -0.39 is 6.10 Å². The minimum absolute atomic E-state index is 0.169. The topological polar surface area (TPSA) is 41.3 Å². The lowest BCUT2D eigenvalue weighted by molar-refractivity contribution is 0.0925. The maximum atomic E-state index is 10.4. The predicted molar refractivity (Wildman–Crippen MR) is 80.1 cm³/mol. The van der Waals surface area contributed by atoms with Crippen molar-refractivity contribution < 1.29 is 5.11 Å². The van der Waals surface area contributed by atoms with Crippen LogP contribution < -0.4 is 0 Å². The summed E-state index contributed by atoms with van der Waals surface area (Å²) < 4.78 is 2.02. The van der Waals surface area contributed by atoms with Crippen LogP contribution in [-0.2, 0) is 13.6 Å². The van der Waals surface area contributed by atoms with Crippen molar-refractivity contribution in [3.8, 4) is 0 Å². The number of nitrogens with zero attached hydrogens (tertiary/aromatic N) is 3. The second-order valence-corrected chi connectivity index (χ2v) is 5.48. The Labute approximate surface area is 120 Å². The number of aliphatic hydroxyl groups is 1. The quantitative estimate of drug-likeness (QED) is 0.877. The van der Waals surface area contributed by atoms with Gasteiger partial charge in [-0.2, -0.15) is 0 Å². The first kappa shape index (κ1) is 14.8. The van der Waals surface area contributed by atoms with Gasteiger partial charge < -0.3 is 9.67 Å². The molecule has 0 saturated heterocycles. The van der Waals surface area contributed by atoms with Crippen LogP contribution in [0.1, 0.15) is 24.4 Å². The first-order valence-electron chi connectivity index (χ1n) is 6.95. The van der Waals surface area contributed by atoms with Gasteiger partial charge >= 0.3 is 0 Å². The molecule has 4 heteroatoms. The van der Waals surface area contributed by atoms with Crippen LogP contribution in [0.15, 0.2) is 42.7 Å². The van der Waals surface area contributed by atoms with Crippen LogP contribution in [0.2, 0.25) is 0 Å². The third-order valence-electron chi connectivity index (χ3n) is 3.61. The number of rotatable bonds is 6. The van der Waals surface area contributed by atoms with Crippen LogP contribution in [0.25, 0.3) is 0 Å². The molecule has 0 bridgehead atoms. The van der Waals surface area contributed by atoms with Gasteiger partial charge in [0.2, 0.25) is 0 Å². The summed E-state index contributed by atoms with van der Waals surface area (Å²) in [5.74, 6) is 1.21. The van der Waals surface area contributed by atoms with Crippen molar-refractivity contribution in [3.63, 3.8) is 0 Å². The van der Waals surface area contributed by atoms with Gasteiger partial charge in [-0.1, -0.05) is 37.3 Å². The minimum Gasteiger partial charge on any atom is -0.388 e. The smallest absolute Gasteiger partial charge is 0.122 e. The molecule has 108 valence electrons. The SMILES string of the molecule is CC(CN(C)Cc1nccn1C)C(O)c1ccccc1. The van der Waals surface area contributed by atoms with Gasteiger partial charge in [0.15, 0.2) is 0 Å². The van der Waals surface area contributed by atoms with Gasteiger partial charge in [0.05, 0.1) is 12.6 Å². The monoisotopic (exact) mass is 273 g/mol. The molecule has 0 aliphatic carbocycles. The summed E-state index contributed by atoms with van der Waals surface area (Å²) in [6.45, 7) is 3.69. The normalized spacial score (nSPS) is 14.4. The highest BCUT2D eigenvalue weighted by molar-refractivity contribution is 5.17. The largest absolute Gasteiger partial charge is 0.388 e. The number of hydrogen-bond acceptors (Lipinski definition) is 3. The molecule has 2 aromatic rings. The maximum absolute atomic E-state index is 10.4. The summed E-state index contributed by atoms with van der Waals surface area (Å²) in [5.41, 5.74) is 0.977. The zero-order valence-corrected chi connectivity index (χ0v) is 12.4. The van der Waals surface area contributed by atoms with Gasteiger partial charge in [0.1, 0.15) is 5.82 Å². The van der Waals surface area contributed by atoms with E-state index in [0.717, 1.165) is 24.5 Å². The van der Waals surface area contributed by atoms with E-state index in [4.69, 9.17) is 0 Å². The van der Waals surface area contributed by atoms with Crippen molar-refractivity contribution >= 4 is 0 Å². The Hall–Kier alpha value is -1.65. The Bertz CT molecular complexity index is 524. The standard InChI is InChI=1S/C16H23N3O/c1-13(16(20)14-7-5-4-6-8-14)11-18(2)12-15-17-9-10-19(15)3/h4-10,13,16,20H,11-12H2,1-3H3. The summed E-state index contributed by atoms with van der Waals surface area (Å²) in [4.78, 5) is 6.52. The van der Waals surface area contributed by atoms with Crippen LogP contribution in [0.5, 0.6) is 0 Å². The van der Waals surface area contributed by atoms with Crippen LogP contribution in [0.4, 0.5) is 0 Å². The fourth-order valence-electron chi connectivity index (χ4n) is 2.43. The number of aryl methyl sites for hydroxylation is 1. The zero-order chi connectivity index (χ0) is 14.5. The molecule has 1 heterocycles. The molecule has 2 rings (SSSR count). The van der Waals surface area contributed by atoms with E-state index in [9.17, 15) is 5.11 Å². The lowest BCUT2D eigenvalue weighted by Crippen LogP contribution is -2.28. The first-order valence-corrected chi connectivity index (χ1v) is 6.95. The van der Waals surface area contributed by atoms with E-state index in [1.165, 1.54) is 0 Å². The molecule has 1 aromatic heterocycles. The van der Waals surface area contributed by atoms with Crippen molar-refractivity contribution in [2.45, 2.75) is 19.6 Å². The van der Waals surface area contributed by atoms with Gasteiger partial charge in [-0.25, -0.2) is 4.98 Å². The summed E-state index contributed by atoms with van der Waals surface area (Å²) in [5, 5.41) is 10.4. The average molecular weight is 273 g/mol. The molecule has 0 amide bonds. The van der Waals surface area contributed by atoms with Gasteiger partial charge in [0, 0.05) is 26.0 Å². The molecule has 4 nitrogen and oxygen atoms in total. The van der Waals surface area contributed by atoms with Crippen LogP contribution in [0.3, 0.4) is 0 Å². The lowest BCUT2D eigenvalue weighted by atomic mass is 9.97. The Morgan fingerprint density at radius 2 is 2.00 bits per heavy atom. The van der Waals surface area contributed by atoms with E-state index in [1.807, 2.05) is 54.3 Å². The molecule has 20 heavy (non-hydrogen) atoms. The molecular weight excluding hydrogens is 250 g/mol. The third kappa shape index (κ3) is 3.68. The Morgan fingerprint density at radius 1 is 1.30 bits per heavy atom. The molecule has 0 radical (unpaired) electrons. The molecule has 2 atom stereocenters. The van der Waals surface area contributed by atoms with E-state index in [0.29, 0.717) is 0 Å². The van der Waals surface area contributed by atoms with E-state index in [1.54, 1.807) is 0 Å². The van der Waals surface area contributed by atoms with Crippen molar-refractivity contribution in [1.82, 2.24) is 14.5 Å². The van der Waals surface area contributed by atoms with E-state index >= 15 is 0 Å². The molecule has 1 N–H and O–H groups in total. The number of imidazole rings is 1. The predicted octanol–water partition coefficient (Wildman–Crippen LogP) is 2.22. The van der Waals surface area contributed by atoms with Gasteiger partial charge in [-0.15, -0.1) is 0 Å². The molecule has 0 aliphatic heterocycles. The number of aromatic nitrogens is 2. The molecule has 0 fully saturated rings. The third-order valence-corrected chi connectivity index (χ3v) is 3.61. The molecular formula is C16H23N3O. The zero-order valence-electron chi connectivity index (χ0n) is 12.4. The minimum atomic E-state index is -0.431. The molecule has 0 saturated carbocycles. The van der Waals surface area contributed by atoms with Crippen LogP contribution in [-0.4, -0.2) is 33.1 Å². The van der Waals surface area contributed by atoms with E-state index in [2.05, 4.69) is 23.9 Å². The Kier molecular flexibility index (Phi) is 4.93. The van der Waals surface area contributed by atoms with Gasteiger partial charge in [-0.05, 0) is 18.5 Å². The van der Waals surface area contributed by atoms with E-state index in [-0.39, 0.29) is 5.92 Å². The summed E-state index contributed by atoms with van der Waals surface area (Å²) in [6.07, 6.45) is 3.33. The molecule has 1 aromatic carbocycles. The highest BCUT2D eigenvalue weighted by Crippen LogP contribution is 2.22. The van der Waals surface area contributed by atoms with Crippen molar-refractivity contribution in [2.24, 2.45) is 13.0 Å². The van der Waals surface area contributed by atoms with Crippen molar-refractivity contribution in [1.29, 1.82) is 0 Å². The van der Waals surface area contributed by atoms with Crippen LogP contribution in [0, 0.1) is 5.92 Å². The van der Waals surface area contributed by atoms with Gasteiger partial charge in [-0.3, -0.25) is 4.90 Å². The summed E-state index contributed by atoms with van der Waals surface area (Å²) in [7, 11) is 4.06. The number of benzene rings is 1. The summed E-state index contributed by atoms with van der Waals surface area (Å²) >= 11 is 0. The number of aliphatic hydroxyl groups excluding tert-OH is 1. The van der Waals surface area contributed by atoms with Crippen LogP contribution >= 0.6 is 0 Å². The highest BCUT2D eigenvalue weighted by atomic mass is 16.3. The van der Waals surface area contributed by atoms with Crippen molar-refractivity contribution in [3.05, 3.63) is 54.1 Å². The Balaban J connectivity index is 1.91. The second-order valence-electron chi connectivity index (χ2n) is 5.48. The number of hydrogen-bond donors (Lipinski definition) is 1. The molecule has 0 spiro atoms. The molecule has 2 unspecified atom stereocenters. The van der Waals surface area contributed by atoms with Gasteiger partial charge in [0.25, 0.3) is 0 Å². The fourth-order valence-corrected chi connectivity index (χ4v) is 2.43. The second kappa shape index (κ2) is 6.68. The van der Waals surface area contributed by atoms with Crippen molar-refractivity contribution in [2.75, 3.05) is 13.6 Å². The molecule has 0 aliphatic rings. The summed E-state index contributed by atoms with van der Waals surface area (Å²) in [6, 6.07) is 9.83.